The Hall–Kier alpha value is -4.26. The lowest BCUT2D eigenvalue weighted by molar-refractivity contribution is -0.339. The molecule has 0 unspecified atom stereocenters. The number of aliphatic hydroxyl groups is 8. The molecule has 352 valence electrons. The number of aromatic nitrogens is 1. The number of methoxy groups -OCH3 is 2. The smallest absolute Gasteiger partial charge is 0.337 e. The van der Waals surface area contributed by atoms with E-state index in [1.165, 1.54) is 26.7 Å². The van der Waals surface area contributed by atoms with Gasteiger partial charge < -0.3 is 83.7 Å². The average molecular weight is 903 g/mol. The Bertz CT molecular complexity index is 2040. The van der Waals surface area contributed by atoms with Crippen LogP contribution in [0.3, 0.4) is 0 Å². The van der Waals surface area contributed by atoms with E-state index in [1.54, 1.807) is 12.2 Å². The number of rotatable bonds is 15. The van der Waals surface area contributed by atoms with Crippen LogP contribution in [-0.2, 0) is 53.9 Å². The maximum absolute atomic E-state index is 13.5. The minimum atomic E-state index is -1.73. The number of fused-ring (bicyclic) bond motifs is 3. The molecular formula is C44H58N2O18. The van der Waals surface area contributed by atoms with Gasteiger partial charge in [0.1, 0.15) is 48.8 Å². The van der Waals surface area contributed by atoms with Crippen LogP contribution in [0.2, 0.25) is 0 Å². The summed E-state index contributed by atoms with van der Waals surface area (Å²) < 4.78 is 45.5. The third kappa shape index (κ3) is 9.12. The van der Waals surface area contributed by atoms with Gasteiger partial charge in [0.15, 0.2) is 12.6 Å². The fourth-order valence-corrected chi connectivity index (χ4v) is 9.57. The number of hydrogen-bond acceptors (Lipinski definition) is 19. The number of carbonyl (C=O) groups excluding carboxylic acids is 2. The largest absolute Gasteiger partial charge is 0.471 e. The third-order valence-electron chi connectivity index (χ3n) is 13.1. The number of carbonyl (C=O) groups is 2. The van der Waals surface area contributed by atoms with Crippen LogP contribution in [0, 0.1) is 23.7 Å². The highest BCUT2D eigenvalue weighted by Crippen LogP contribution is 2.46. The highest BCUT2D eigenvalue weighted by molar-refractivity contribution is 5.89. The number of nitrogens with one attached hydrogen (secondary N) is 1. The zero-order chi connectivity index (χ0) is 46.0. The molecular weight excluding hydrogens is 844 g/mol. The van der Waals surface area contributed by atoms with Crippen LogP contribution in [0.15, 0.2) is 73.2 Å². The molecule has 9 N–H and O–H groups in total. The Morgan fingerprint density at radius 1 is 0.750 bits per heavy atom. The van der Waals surface area contributed by atoms with Crippen molar-refractivity contribution in [2.24, 2.45) is 23.7 Å². The van der Waals surface area contributed by atoms with Crippen LogP contribution in [0.5, 0.6) is 0 Å². The SMILES string of the molecule is C=C[C@H]1[C@H](O[C@H]2O[C@@H](CO)[C@H](O)[C@@H](O)[C@@H]2O)OC=C(C(=O)OC)[C@H]1CCN1CCc2c([nH]c3ccccc23)[C@H]1C[C@@H]1C(C(=O)OC)=CO[C@@H](O[C@H]2O[C@@H](CO)[C@H](O)[C@@H](O)[C@@H]2O)[C@@H]1C=C. The number of esters is 2. The second-order valence-electron chi connectivity index (χ2n) is 16.5. The molecule has 20 nitrogen and oxygen atoms in total. The van der Waals surface area contributed by atoms with Gasteiger partial charge in [0.2, 0.25) is 12.6 Å². The molecule has 7 rings (SSSR count). The van der Waals surface area contributed by atoms with Crippen molar-refractivity contribution >= 4 is 22.8 Å². The first kappa shape index (κ1) is 47.7. The minimum Gasteiger partial charge on any atom is -0.471 e. The van der Waals surface area contributed by atoms with E-state index in [-0.39, 0.29) is 17.6 Å². The third-order valence-corrected chi connectivity index (χ3v) is 13.1. The Morgan fingerprint density at radius 3 is 1.78 bits per heavy atom. The molecule has 6 heterocycles. The first-order valence-electron chi connectivity index (χ1n) is 21.2. The summed E-state index contributed by atoms with van der Waals surface area (Å²) in [6.45, 7) is 7.58. The molecule has 5 aliphatic heterocycles. The Balaban J connectivity index is 1.19. The molecule has 0 saturated carbocycles. The van der Waals surface area contributed by atoms with Crippen LogP contribution >= 0.6 is 0 Å². The van der Waals surface area contributed by atoms with E-state index in [2.05, 4.69) is 23.0 Å². The Morgan fingerprint density at radius 2 is 1.27 bits per heavy atom. The van der Waals surface area contributed by atoms with Crippen LogP contribution in [0.4, 0.5) is 0 Å². The van der Waals surface area contributed by atoms with Gasteiger partial charge in [0, 0.05) is 46.8 Å². The van der Waals surface area contributed by atoms with E-state index in [9.17, 15) is 50.4 Å². The van der Waals surface area contributed by atoms with Gasteiger partial charge in [0.25, 0.3) is 0 Å². The Kier molecular flexibility index (Phi) is 15.3. The molecule has 0 bridgehead atoms. The molecule has 2 saturated heterocycles. The highest BCUT2D eigenvalue weighted by Gasteiger charge is 2.50. The normalized spacial score (nSPS) is 37.9. The lowest BCUT2D eigenvalue weighted by Crippen LogP contribution is -2.60. The fourth-order valence-electron chi connectivity index (χ4n) is 9.57. The van der Waals surface area contributed by atoms with E-state index >= 15 is 0 Å². The highest BCUT2D eigenvalue weighted by atomic mass is 16.8. The van der Waals surface area contributed by atoms with Gasteiger partial charge in [0.05, 0.1) is 57.1 Å². The Labute approximate surface area is 368 Å². The molecule has 0 radical (unpaired) electrons. The predicted molar refractivity (Wildman–Crippen MR) is 220 cm³/mol. The summed E-state index contributed by atoms with van der Waals surface area (Å²) in [5.74, 6) is -4.23. The molecule has 2 fully saturated rings. The molecule has 0 spiro atoms. The van der Waals surface area contributed by atoms with E-state index in [0.29, 0.717) is 25.9 Å². The monoisotopic (exact) mass is 902 g/mol. The quantitative estimate of drug-likeness (QED) is 0.0777. The number of para-hydroxylation sites is 1. The molecule has 64 heavy (non-hydrogen) atoms. The van der Waals surface area contributed by atoms with Gasteiger partial charge in [-0.1, -0.05) is 30.4 Å². The minimum absolute atomic E-state index is 0.171. The number of benzene rings is 1. The lowest BCUT2D eigenvalue weighted by atomic mass is 9.77. The first-order valence-corrected chi connectivity index (χ1v) is 21.2. The number of nitrogens with zero attached hydrogens (tertiary/aromatic N) is 1. The summed E-state index contributed by atoms with van der Waals surface area (Å²) in [5.41, 5.74) is 3.22. The molecule has 20 heteroatoms. The van der Waals surface area contributed by atoms with Crippen molar-refractivity contribution in [1.82, 2.24) is 9.88 Å². The molecule has 5 aliphatic rings. The van der Waals surface area contributed by atoms with E-state index < -0.39 is 129 Å². The molecule has 17 atom stereocenters. The first-order chi connectivity index (χ1) is 30.8. The van der Waals surface area contributed by atoms with Gasteiger partial charge >= 0.3 is 11.9 Å². The van der Waals surface area contributed by atoms with Crippen molar-refractivity contribution in [2.45, 2.75) is 99.3 Å². The van der Waals surface area contributed by atoms with Crippen LogP contribution in [-0.4, -0.2) is 177 Å². The summed E-state index contributed by atoms with van der Waals surface area (Å²) in [7, 11) is 2.48. The number of ether oxygens (including phenoxy) is 8. The van der Waals surface area contributed by atoms with Crippen LogP contribution in [0.1, 0.15) is 30.1 Å². The summed E-state index contributed by atoms with van der Waals surface area (Å²) in [6.07, 6.45) is -11.4. The lowest BCUT2D eigenvalue weighted by Gasteiger charge is -2.45. The fraction of sp³-hybridized carbons (Fsp3) is 0.591. The standard InChI is InChI=1S/C44H58N2O18/c1-5-20-22(26(39(55)57-3)18-59-41(20)63-43-37(53)35(51)33(49)30(16-47)61-43)11-13-46-14-12-24-23-9-7-8-10-28(23)45-32(24)29(46)15-25-21(6-2)42(60-19-27(25)40(56)58-4)64-44-38(54)36(52)34(50)31(17-48)62-44/h5-10,18-22,25,29-31,33-38,41-45,47-54H,1-2,11-17H2,3-4H3/t20-,21-,22+,25+,29-,30+,31+,33+,34+,35-,36-,37+,38+,41+,42+,43-,44-/m1/s1. The molecule has 0 amide bonds. The van der Waals surface area contributed by atoms with Gasteiger partial charge in [-0.25, -0.2) is 9.59 Å². The van der Waals surface area contributed by atoms with Gasteiger partial charge in [-0.15, -0.1) is 13.2 Å². The zero-order valence-electron chi connectivity index (χ0n) is 35.4. The van der Waals surface area contributed by atoms with Crippen molar-refractivity contribution in [3.8, 4) is 0 Å². The van der Waals surface area contributed by atoms with E-state index in [4.69, 9.17) is 37.9 Å². The predicted octanol–water partition coefficient (Wildman–Crippen LogP) is -0.856. The maximum Gasteiger partial charge on any atom is 0.337 e. The van der Waals surface area contributed by atoms with Crippen molar-refractivity contribution in [3.05, 3.63) is 84.5 Å². The van der Waals surface area contributed by atoms with Crippen molar-refractivity contribution in [3.63, 3.8) is 0 Å². The zero-order valence-corrected chi connectivity index (χ0v) is 35.4. The topological polar surface area (TPSA) is 289 Å². The van der Waals surface area contributed by atoms with Crippen LogP contribution in [0.25, 0.3) is 10.9 Å². The number of H-pyrrole nitrogens is 1. The maximum atomic E-state index is 13.5. The molecule has 2 aromatic rings. The number of hydrogen-bond donors (Lipinski definition) is 9. The molecule has 1 aromatic carbocycles. The molecule has 1 aromatic heterocycles. The number of aromatic amines is 1. The van der Waals surface area contributed by atoms with Crippen molar-refractivity contribution in [2.75, 3.05) is 40.5 Å². The van der Waals surface area contributed by atoms with Gasteiger partial charge in [-0.3, -0.25) is 4.90 Å². The molecule has 0 aliphatic carbocycles. The average Bonchev–Trinajstić information content (AvgIpc) is 3.70. The second-order valence-corrected chi connectivity index (χ2v) is 16.5. The van der Waals surface area contributed by atoms with Gasteiger partial charge in [-0.05, 0) is 37.4 Å². The summed E-state index contributed by atoms with van der Waals surface area (Å²) in [5, 5.41) is 83.8. The van der Waals surface area contributed by atoms with Crippen molar-refractivity contribution < 1.29 is 88.3 Å². The summed E-state index contributed by atoms with van der Waals surface area (Å²) in [6, 6.07) is 7.44. The number of aliphatic hydroxyl groups excluding tert-OH is 8. The van der Waals surface area contributed by atoms with Crippen LogP contribution < -0.4 is 0 Å². The van der Waals surface area contributed by atoms with E-state index in [0.717, 1.165) is 22.2 Å². The summed E-state index contributed by atoms with van der Waals surface area (Å²) >= 11 is 0. The summed E-state index contributed by atoms with van der Waals surface area (Å²) in [4.78, 5) is 32.6. The van der Waals surface area contributed by atoms with E-state index in [1.807, 2.05) is 24.3 Å². The van der Waals surface area contributed by atoms with Gasteiger partial charge in [-0.2, -0.15) is 0 Å². The van der Waals surface area contributed by atoms with Crippen molar-refractivity contribution in [1.29, 1.82) is 0 Å². The second kappa shape index (κ2) is 20.5.